The van der Waals surface area contributed by atoms with Gasteiger partial charge in [-0.05, 0) is 19.6 Å². The Bertz CT molecular complexity index is 258. The molecular formula is C10H15NOSi. The first kappa shape index (κ1) is 10.2. The van der Waals surface area contributed by atoms with Crippen LogP contribution < -0.4 is 0 Å². The zero-order chi connectivity index (χ0) is 9.90. The van der Waals surface area contributed by atoms with Crippen LogP contribution in [0.5, 0.6) is 0 Å². The molecule has 1 aliphatic carbocycles. The summed E-state index contributed by atoms with van der Waals surface area (Å²) in [4.78, 5) is 0. The van der Waals surface area contributed by atoms with E-state index in [2.05, 4.69) is 25.7 Å². The Morgan fingerprint density at radius 2 is 1.85 bits per heavy atom. The van der Waals surface area contributed by atoms with E-state index in [9.17, 15) is 0 Å². The van der Waals surface area contributed by atoms with Crippen molar-refractivity contribution in [1.29, 1.82) is 5.26 Å². The summed E-state index contributed by atoms with van der Waals surface area (Å²) in [7, 11) is -1.60. The van der Waals surface area contributed by atoms with Crippen molar-refractivity contribution in [2.45, 2.75) is 25.7 Å². The summed E-state index contributed by atoms with van der Waals surface area (Å²) in [6.45, 7) is 6.29. The van der Waals surface area contributed by atoms with Crippen molar-refractivity contribution in [2.24, 2.45) is 5.92 Å². The van der Waals surface area contributed by atoms with Gasteiger partial charge in [-0.2, -0.15) is 5.26 Å². The third kappa shape index (κ3) is 3.17. The van der Waals surface area contributed by atoms with E-state index in [-0.39, 0.29) is 12.0 Å². The second kappa shape index (κ2) is 3.90. The van der Waals surface area contributed by atoms with Crippen molar-refractivity contribution in [2.75, 3.05) is 0 Å². The van der Waals surface area contributed by atoms with Crippen molar-refractivity contribution in [3.05, 3.63) is 24.3 Å². The lowest BCUT2D eigenvalue weighted by Crippen LogP contribution is -2.34. The van der Waals surface area contributed by atoms with Crippen LogP contribution in [0.4, 0.5) is 0 Å². The molecule has 0 heterocycles. The van der Waals surface area contributed by atoms with Gasteiger partial charge in [0.15, 0.2) is 8.32 Å². The molecule has 0 N–H and O–H groups in total. The Balaban J connectivity index is 2.59. The van der Waals surface area contributed by atoms with E-state index in [1.807, 2.05) is 24.3 Å². The zero-order valence-electron chi connectivity index (χ0n) is 8.32. The first-order valence-electron chi connectivity index (χ1n) is 4.45. The molecule has 0 saturated heterocycles. The molecule has 0 fully saturated rings. The summed E-state index contributed by atoms with van der Waals surface area (Å²) >= 11 is 0. The minimum absolute atomic E-state index is 0.150. The predicted octanol–water partition coefficient (Wildman–Crippen LogP) is 2.47. The molecular weight excluding hydrogens is 178 g/mol. The highest BCUT2D eigenvalue weighted by atomic mass is 28.4. The summed E-state index contributed by atoms with van der Waals surface area (Å²) in [6.07, 6.45) is 7.63. The molecule has 0 bridgehead atoms. The van der Waals surface area contributed by atoms with Gasteiger partial charge in [-0.3, -0.25) is 0 Å². The van der Waals surface area contributed by atoms with Gasteiger partial charge in [0.25, 0.3) is 0 Å². The van der Waals surface area contributed by atoms with E-state index < -0.39 is 8.32 Å². The highest BCUT2D eigenvalue weighted by Gasteiger charge is 2.25. The highest BCUT2D eigenvalue weighted by Crippen LogP contribution is 2.19. The minimum Gasteiger partial charge on any atom is -0.401 e. The second-order valence-electron chi connectivity index (χ2n) is 4.13. The molecule has 0 amide bonds. The first-order valence-corrected chi connectivity index (χ1v) is 7.86. The number of hydrogen-bond acceptors (Lipinski definition) is 2. The van der Waals surface area contributed by atoms with Crippen LogP contribution >= 0.6 is 0 Å². The number of rotatable bonds is 3. The lowest BCUT2D eigenvalue weighted by atomic mass is 10.1. The van der Waals surface area contributed by atoms with Gasteiger partial charge in [0.05, 0.1) is 6.07 Å². The minimum atomic E-state index is -1.60. The van der Waals surface area contributed by atoms with Gasteiger partial charge >= 0.3 is 0 Å². The largest absolute Gasteiger partial charge is 0.401 e. The molecule has 0 unspecified atom stereocenters. The third-order valence-corrected chi connectivity index (χ3v) is 2.70. The van der Waals surface area contributed by atoms with Crippen molar-refractivity contribution in [3.63, 3.8) is 0 Å². The Morgan fingerprint density at radius 3 is 2.23 bits per heavy atom. The summed E-state index contributed by atoms with van der Waals surface area (Å²) < 4.78 is 5.75. The van der Waals surface area contributed by atoms with Crippen molar-refractivity contribution < 1.29 is 4.43 Å². The summed E-state index contributed by atoms with van der Waals surface area (Å²) in [5, 5.41) is 8.93. The Morgan fingerprint density at radius 1 is 1.31 bits per heavy atom. The van der Waals surface area contributed by atoms with E-state index in [0.29, 0.717) is 0 Å². The lowest BCUT2D eigenvalue weighted by Gasteiger charge is -2.23. The molecule has 70 valence electrons. The van der Waals surface area contributed by atoms with E-state index >= 15 is 0 Å². The molecule has 1 rings (SSSR count). The fraction of sp³-hybridized carbons (Fsp3) is 0.500. The van der Waals surface area contributed by atoms with Crippen molar-refractivity contribution >= 4 is 8.32 Å². The van der Waals surface area contributed by atoms with Gasteiger partial charge in [-0.1, -0.05) is 24.3 Å². The molecule has 3 heteroatoms. The molecule has 0 radical (unpaired) electrons. The number of allylic oxidation sites excluding steroid dienone is 2. The molecule has 0 aromatic rings. The number of nitrogens with zero attached hydrogens (tertiary/aromatic N) is 1. The molecule has 13 heavy (non-hydrogen) atoms. The lowest BCUT2D eigenvalue weighted by molar-refractivity contribution is 0.224. The van der Waals surface area contributed by atoms with E-state index in [1.165, 1.54) is 0 Å². The summed E-state index contributed by atoms with van der Waals surface area (Å²) in [5.74, 6) is 0.150. The maximum absolute atomic E-state index is 8.93. The van der Waals surface area contributed by atoms with Crippen LogP contribution in [0, 0.1) is 17.2 Å². The first-order chi connectivity index (χ1) is 6.03. The van der Waals surface area contributed by atoms with Gasteiger partial charge in [0.2, 0.25) is 0 Å². The van der Waals surface area contributed by atoms with Crippen LogP contribution in [-0.2, 0) is 4.43 Å². The molecule has 0 spiro atoms. The zero-order valence-corrected chi connectivity index (χ0v) is 9.32. The van der Waals surface area contributed by atoms with Crippen molar-refractivity contribution in [1.82, 2.24) is 0 Å². The topological polar surface area (TPSA) is 33.0 Å². The number of nitriles is 1. The fourth-order valence-corrected chi connectivity index (χ4v) is 2.19. The predicted molar refractivity (Wildman–Crippen MR) is 55.6 cm³/mol. The van der Waals surface area contributed by atoms with Crippen LogP contribution in [0.15, 0.2) is 24.3 Å². The molecule has 1 aliphatic rings. The quantitative estimate of drug-likeness (QED) is 0.645. The third-order valence-electron chi connectivity index (χ3n) is 1.74. The smallest absolute Gasteiger partial charge is 0.185 e. The summed E-state index contributed by atoms with van der Waals surface area (Å²) in [6, 6.07) is 2.21. The standard InChI is InChI=1S/C10H15NOSi/c1-13(2,3)12-10(8-11)9-6-4-5-7-9/h4-7,9-10H,1-3H3/t10-/m0/s1. The molecule has 0 aromatic carbocycles. The van der Waals surface area contributed by atoms with Crippen LogP contribution in [0.3, 0.4) is 0 Å². The van der Waals surface area contributed by atoms with Crippen LogP contribution in [0.2, 0.25) is 19.6 Å². The highest BCUT2D eigenvalue weighted by molar-refractivity contribution is 6.69. The van der Waals surface area contributed by atoms with Gasteiger partial charge in [-0.25, -0.2) is 0 Å². The van der Waals surface area contributed by atoms with E-state index in [1.54, 1.807) is 0 Å². The molecule has 2 nitrogen and oxygen atoms in total. The van der Waals surface area contributed by atoms with Crippen LogP contribution in [-0.4, -0.2) is 14.4 Å². The monoisotopic (exact) mass is 193 g/mol. The fourth-order valence-electron chi connectivity index (χ4n) is 1.22. The molecule has 1 atom stereocenters. The molecule has 0 aromatic heterocycles. The maximum Gasteiger partial charge on any atom is 0.185 e. The van der Waals surface area contributed by atoms with Gasteiger partial charge in [0, 0.05) is 5.92 Å². The average molecular weight is 193 g/mol. The van der Waals surface area contributed by atoms with E-state index in [0.717, 1.165) is 0 Å². The van der Waals surface area contributed by atoms with E-state index in [4.69, 9.17) is 9.69 Å². The Labute approximate surface area is 80.6 Å². The summed E-state index contributed by atoms with van der Waals surface area (Å²) in [5.41, 5.74) is 0. The second-order valence-corrected chi connectivity index (χ2v) is 8.59. The van der Waals surface area contributed by atoms with Crippen LogP contribution in [0.25, 0.3) is 0 Å². The Hall–Kier alpha value is -0.853. The normalized spacial score (nSPS) is 18.9. The SMILES string of the molecule is C[Si](C)(C)O[C@@H](C#N)C1C=CC=C1. The van der Waals surface area contributed by atoms with Gasteiger partial charge < -0.3 is 4.43 Å². The number of hydrogen-bond donors (Lipinski definition) is 0. The molecule has 0 saturated carbocycles. The maximum atomic E-state index is 8.93. The Kier molecular flexibility index (Phi) is 3.07. The average Bonchev–Trinajstić information content (AvgIpc) is 2.50. The van der Waals surface area contributed by atoms with Crippen molar-refractivity contribution in [3.8, 4) is 6.07 Å². The van der Waals surface area contributed by atoms with Gasteiger partial charge in [0.1, 0.15) is 6.10 Å². The van der Waals surface area contributed by atoms with Gasteiger partial charge in [-0.15, -0.1) is 0 Å². The molecule has 0 aliphatic heterocycles. The van der Waals surface area contributed by atoms with Crippen LogP contribution in [0.1, 0.15) is 0 Å².